The van der Waals surface area contributed by atoms with Crippen LogP contribution < -0.4 is 0 Å². The number of unbranched alkanes of at least 4 members (excludes halogenated alkanes) is 2. The molecule has 0 atom stereocenters. The fraction of sp³-hybridized carbons (Fsp3) is 0.227. The van der Waals surface area contributed by atoms with E-state index in [1.165, 1.54) is 6.08 Å². The van der Waals surface area contributed by atoms with Crippen LogP contribution in [0.3, 0.4) is 0 Å². The van der Waals surface area contributed by atoms with E-state index in [-0.39, 0.29) is 5.88 Å². The summed E-state index contributed by atoms with van der Waals surface area (Å²) in [7, 11) is 0. The van der Waals surface area contributed by atoms with Crippen LogP contribution in [0.2, 0.25) is 0 Å². The fourth-order valence-corrected chi connectivity index (χ4v) is 3.37. The molecular formula is C22H22BrN3O2. The molecule has 3 aromatic rings. The lowest BCUT2D eigenvalue weighted by molar-refractivity contribution is -0.113. The van der Waals surface area contributed by atoms with Gasteiger partial charge in [0, 0.05) is 22.5 Å². The van der Waals surface area contributed by atoms with Crippen LogP contribution in [0, 0.1) is 0 Å². The average molecular weight is 440 g/mol. The normalized spacial score (nSPS) is 11.8. The van der Waals surface area contributed by atoms with E-state index < -0.39 is 5.91 Å². The van der Waals surface area contributed by atoms with E-state index in [2.05, 4.69) is 33.1 Å². The number of aromatic hydroxyl groups is 1. The molecule has 0 unspecified atom stereocenters. The Morgan fingerprint density at radius 3 is 2.71 bits per heavy atom. The van der Waals surface area contributed by atoms with Crippen LogP contribution in [0.1, 0.15) is 31.7 Å². The number of nitrogens with zero attached hydrogens (tertiary/aromatic N) is 3. The lowest BCUT2D eigenvalue weighted by Gasteiger charge is -2.06. The van der Waals surface area contributed by atoms with Crippen molar-refractivity contribution in [2.24, 2.45) is 10.2 Å². The van der Waals surface area contributed by atoms with E-state index in [1.54, 1.807) is 6.08 Å². The maximum absolute atomic E-state index is 12.1. The fourth-order valence-electron chi connectivity index (χ4n) is 3.00. The number of amides is 1. The number of halogens is 1. The zero-order valence-electron chi connectivity index (χ0n) is 15.7. The average Bonchev–Trinajstić information content (AvgIpc) is 2.96. The summed E-state index contributed by atoms with van der Waals surface area (Å²) in [4.78, 5) is 12.1. The molecule has 0 fully saturated rings. The maximum Gasteiger partial charge on any atom is 0.288 e. The van der Waals surface area contributed by atoms with Crippen LogP contribution in [0.15, 0.2) is 69.3 Å². The minimum Gasteiger partial charge on any atom is -0.493 e. The molecule has 1 amide bonds. The zero-order valence-corrected chi connectivity index (χ0v) is 17.3. The number of carbonyl (C=O) groups excluding carboxylic acids is 1. The van der Waals surface area contributed by atoms with E-state index in [1.807, 2.05) is 53.1 Å². The molecule has 1 N–H and O–H groups in total. The van der Waals surface area contributed by atoms with Crippen LogP contribution in [0.5, 0.6) is 5.88 Å². The number of fused-ring (bicyclic) bond motifs is 1. The zero-order chi connectivity index (χ0) is 19.9. The summed E-state index contributed by atoms with van der Waals surface area (Å²) in [5.41, 5.74) is 2.10. The number of hydrogen-bond donors (Lipinski definition) is 1. The number of hydrogen-bond acceptors (Lipinski definition) is 3. The van der Waals surface area contributed by atoms with Crippen molar-refractivity contribution in [3.63, 3.8) is 0 Å². The van der Waals surface area contributed by atoms with E-state index in [9.17, 15) is 9.90 Å². The van der Waals surface area contributed by atoms with Gasteiger partial charge < -0.3 is 9.67 Å². The second-order valence-corrected chi connectivity index (χ2v) is 7.39. The van der Waals surface area contributed by atoms with Gasteiger partial charge in [0.15, 0.2) is 5.69 Å². The van der Waals surface area contributed by atoms with Crippen molar-refractivity contribution in [1.82, 2.24) is 4.57 Å². The first-order valence-electron chi connectivity index (χ1n) is 9.29. The van der Waals surface area contributed by atoms with Gasteiger partial charge in [-0.25, -0.2) is 0 Å². The van der Waals surface area contributed by atoms with Crippen molar-refractivity contribution in [3.05, 3.63) is 64.6 Å². The van der Waals surface area contributed by atoms with Gasteiger partial charge in [0.1, 0.15) is 0 Å². The molecule has 28 heavy (non-hydrogen) atoms. The summed E-state index contributed by atoms with van der Waals surface area (Å²) >= 11 is 3.45. The van der Waals surface area contributed by atoms with Crippen LogP contribution in [-0.4, -0.2) is 15.6 Å². The highest BCUT2D eigenvalue weighted by molar-refractivity contribution is 9.10. The first kappa shape index (κ1) is 20.0. The Morgan fingerprint density at radius 2 is 1.96 bits per heavy atom. The van der Waals surface area contributed by atoms with E-state index in [4.69, 9.17) is 0 Å². The van der Waals surface area contributed by atoms with E-state index in [0.717, 1.165) is 40.2 Å². The summed E-state index contributed by atoms with van der Waals surface area (Å²) in [6, 6.07) is 15.2. The summed E-state index contributed by atoms with van der Waals surface area (Å²) in [6.07, 6.45) is 6.19. The van der Waals surface area contributed by atoms with Gasteiger partial charge in [-0.2, -0.15) is 0 Å². The molecule has 0 saturated heterocycles. The molecule has 3 rings (SSSR count). The van der Waals surface area contributed by atoms with Crippen molar-refractivity contribution in [1.29, 1.82) is 0 Å². The first-order valence-corrected chi connectivity index (χ1v) is 10.1. The van der Waals surface area contributed by atoms with Gasteiger partial charge in [0.2, 0.25) is 5.88 Å². The Balaban J connectivity index is 1.88. The lowest BCUT2D eigenvalue weighted by atomic mass is 10.2. The van der Waals surface area contributed by atoms with Gasteiger partial charge in [-0.1, -0.05) is 66.0 Å². The highest BCUT2D eigenvalue weighted by Gasteiger charge is 2.17. The molecule has 144 valence electrons. The van der Waals surface area contributed by atoms with Gasteiger partial charge in [0.25, 0.3) is 5.91 Å². The maximum atomic E-state index is 12.1. The standard InChI is InChI=1S/C22H22BrN3O2/c1-2-3-7-14-26-19-12-11-17(23)15-18(19)21(22(26)28)25-24-20(27)13-10-16-8-5-4-6-9-16/h4-6,8-13,15,28H,2-3,7,14H2,1H3/b13-10+,25-24?. The molecule has 0 aliphatic rings. The molecule has 0 radical (unpaired) electrons. The summed E-state index contributed by atoms with van der Waals surface area (Å²) < 4.78 is 2.70. The third kappa shape index (κ3) is 4.75. The van der Waals surface area contributed by atoms with Crippen LogP contribution in [0.4, 0.5) is 5.69 Å². The minimum atomic E-state index is -0.481. The molecule has 0 aliphatic heterocycles. The first-order chi connectivity index (χ1) is 13.6. The number of aryl methyl sites for hydroxylation is 1. The Kier molecular flexibility index (Phi) is 6.76. The molecule has 5 nitrogen and oxygen atoms in total. The quantitative estimate of drug-likeness (QED) is 0.255. The molecule has 6 heteroatoms. The SMILES string of the molecule is CCCCCn1c(O)c(N=NC(=O)/C=C/c2ccccc2)c2cc(Br)ccc21. The molecule has 0 saturated carbocycles. The third-order valence-corrected chi connectivity index (χ3v) is 4.92. The largest absolute Gasteiger partial charge is 0.493 e. The van der Waals surface area contributed by atoms with Gasteiger partial charge in [0.05, 0.1) is 5.52 Å². The summed E-state index contributed by atoms with van der Waals surface area (Å²) in [5, 5.41) is 19.3. The topological polar surface area (TPSA) is 66.9 Å². The van der Waals surface area contributed by atoms with Crippen molar-refractivity contribution in [3.8, 4) is 5.88 Å². The van der Waals surface area contributed by atoms with Crippen molar-refractivity contribution >= 4 is 44.5 Å². The number of carbonyl (C=O) groups is 1. The third-order valence-electron chi connectivity index (χ3n) is 4.42. The van der Waals surface area contributed by atoms with Crippen molar-refractivity contribution in [2.45, 2.75) is 32.7 Å². The highest BCUT2D eigenvalue weighted by Crippen LogP contribution is 2.40. The van der Waals surface area contributed by atoms with Gasteiger partial charge in [-0.3, -0.25) is 4.79 Å². The predicted molar refractivity (Wildman–Crippen MR) is 116 cm³/mol. The van der Waals surface area contributed by atoms with E-state index >= 15 is 0 Å². The number of benzene rings is 2. The van der Waals surface area contributed by atoms with Crippen molar-refractivity contribution < 1.29 is 9.90 Å². The Bertz CT molecular complexity index is 1020. The molecule has 2 aromatic carbocycles. The monoisotopic (exact) mass is 439 g/mol. The molecule has 0 spiro atoms. The van der Waals surface area contributed by atoms with E-state index in [0.29, 0.717) is 12.2 Å². The molecule has 0 aliphatic carbocycles. The molecule has 1 aromatic heterocycles. The smallest absolute Gasteiger partial charge is 0.288 e. The van der Waals surface area contributed by atoms with Crippen molar-refractivity contribution in [2.75, 3.05) is 0 Å². The number of aromatic nitrogens is 1. The molecule has 1 heterocycles. The minimum absolute atomic E-state index is 0.0350. The Hall–Kier alpha value is -2.73. The van der Waals surface area contributed by atoms with Crippen LogP contribution in [-0.2, 0) is 11.3 Å². The van der Waals surface area contributed by atoms with Gasteiger partial charge >= 0.3 is 0 Å². The predicted octanol–water partition coefficient (Wildman–Crippen LogP) is 6.62. The van der Waals surface area contributed by atoms with Crippen LogP contribution >= 0.6 is 15.9 Å². The number of rotatable bonds is 7. The van der Waals surface area contributed by atoms with Crippen LogP contribution in [0.25, 0.3) is 17.0 Å². The molecular weight excluding hydrogens is 418 g/mol. The number of azo groups is 1. The second-order valence-electron chi connectivity index (χ2n) is 6.47. The Morgan fingerprint density at radius 1 is 1.18 bits per heavy atom. The Labute approximate surface area is 172 Å². The lowest BCUT2D eigenvalue weighted by Crippen LogP contribution is -1.96. The second kappa shape index (κ2) is 9.46. The highest BCUT2D eigenvalue weighted by atomic mass is 79.9. The summed E-state index contributed by atoms with van der Waals surface area (Å²) in [6.45, 7) is 2.83. The molecule has 0 bridgehead atoms. The van der Waals surface area contributed by atoms with Gasteiger partial charge in [-0.05, 0) is 36.3 Å². The van der Waals surface area contributed by atoms with Gasteiger partial charge in [-0.15, -0.1) is 10.2 Å². The summed E-state index contributed by atoms with van der Waals surface area (Å²) in [5.74, 6) is -0.446.